The molecule has 1 rings (SSSR count). The third-order valence-corrected chi connectivity index (χ3v) is 2.15. The minimum atomic E-state index is 0.0368. The van der Waals surface area contributed by atoms with Crippen LogP contribution in [0.25, 0.3) is 0 Å². The molecule has 0 aliphatic carbocycles. The number of nitrogens with zero attached hydrogens (tertiary/aromatic N) is 2. The second kappa shape index (κ2) is 4.23. The number of hydrogen-bond donors (Lipinski definition) is 1. The van der Waals surface area contributed by atoms with Crippen LogP contribution in [0.5, 0.6) is 0 Å². The van der Waals surface area contributed by atoms with Crippen LogP contribution in [0, 0.1) is 0 Å². The van der Waals surface area contributed by atoms with Crippen molar-refractivity contribution < 1.29 is 0 Å². The van der Waals surface area contributed by atoms with Crippen LogP contribution in [-0.2, 0) is 0 Å². The predicted molar refractivity (Wildman–Crippen MR) is 54.4 cm³/mol. The smallest absolute Gasteiger partial charge is 0.0951 e. The lowest BCUT2D eigenvalue weighted by Gasteiger charge is -2.16. The predicted octanol–water partition coefficient (Wildman–Crippen LogP) is 2.04. The first-order chi connectivity index (χ1) is 6.16. The second-order valence-corrected chi connectivity index (χ2v) is 3.39. The van der Waals surface area contributed by atoms with Crippen molar-refractivity contribution in [2.24, 2.45) is 5.73 Å². The zero-order valence-corrected chi connectivity index (χ0v) is 8.27. The molecule has 3 heteroatoms. The lowest BCUT2D eigenvalue weighted by atomic mass is 10.2. The van der Waals surface area contributed by atoms with Gasteiger partial charge in [0.15, 0.2) is 0 Å². The third-order valence-electron chi connectivity index (χ3n) is 2.15. The summed E-state index contributed by atoms with van der Waals surface area (Å²) in [6, 6.07) is 0.427. The number of rotatable bonds is 4. The second-order valence-electron chi connectivity index (χ2n) is 3.39. The normalized spacial score (nSPS) is 15.3. The Balaban J connectivity index is 2.86. The maximum atomic E-state index is 5.81. The van der Waals surface area contributed by atoms with Crippen molar-refractivity contribution in [1.29, 1.82) is 0 Å². The van der Waals surface area contributed by atoms with E-state index in [9.17, 15) is 0 Å². The van der Waals surface area contributed by atoms with Crippen LogP contribution >= 0.6 is 0 Å². The van der Waals surface area contributed by atoms with Gasteiger partial charge >= 0.3 is 0 Å². The summed E-state index contributed by atoms with van der Waals surface area (Å²) in [5, 5.41) is 0. The molecule has 2 atom stereocenters. The van der Waals surface area contributed by atoms with E-state index >= 15 is 0 Å². The topological polar surface area (TPSA) is 43.8 Å². The molecule has 1 aromatic rings. The fourth-order valence-electron chi connectivity index (χ4n) is 1.39. The molecular formula is C10H17N3. The van der Waals surface area contributed by atoms with Gasteiger partial charge in [-0.05, 0) is 20.3 Å². The molecule has 2 N–H and O–H groups in total. The van der Waals surface area contributed by atoms with Gasteiger partial charge in [-0.1, -0.05) is 6.08 Å². The molecule has 0 spiro atoms. The molecule has 0 aromatic carbocycles. The molecule has 1 heterocycles. The standard InChI is InChI=1S/C10H17N3/c1-4-5-8(2)13-7-12-6-10(13)9(3)11/h4,6-9H,1,5,11H2,2-3H3/t8?,9-/m0/s1. The molecule has 0 bridgehead atoms. The molecule has 0 radical (unpaired) electrons. The molecule has 0 aliphatic heterocycles. The van der Waals surface area contributed by atoms with Gasteiger partial charge in [0, 0.05) is 18.3 Å². The minimum Gasteiger partial charge on any atom is -0.330 e. The molecule has 0 aliphatic rings. The fourth-order valence-corrected chi connectivity index (χ4v) is 1.39. The van der Waals surface area contributed by atoms with Crippen LogP contribution in [0.2, 0.25) is 0 Å². The highest BCUT2D eigenvalue weighted by molar-refractivity contribution is 5.04. The number of hydrogen-bond acceptors (Lipinski definition) is 2. The van der Waals surface area contributed by atoms with Crippen LogP contribution in [0.1, 0.15) is 38.0 Å². The SMILES string of the molecule is C=CCC(C)n1cncc1[C@H](C)N. The van der Waals surface area contributed by atoms with Crippen LogP contribution in [0.4, 0.5) is 0 Å². The molecule has 0 amide bonds. The Bertz CT molecular complexity index is 275. The first-order valence-electron chi connectivity index (χ1n) is 4.55. The van der Waals surface area contributed by atoms with Gasteiger partial charge in [0.05, 0.1) is 12.0 Å². The number of aromatic nitrogens is 2. The third kappa shape index (κ3) is 2.18. The van der Waals surface area contributed by atoms with E-state index < -0.39 is 0 Å². The Hall–Kier alpha value is -1.09. The minimum absolute atomic E-state index is 0.0368. The van der Waals surface area contributed by atoms with Crippen molar-refractivity contribution in [2.45, 2.75) is 32.4 Å². The van der Waals surface area contributed by atoms with Gasteiger partial charge < -0.3 is 10.3 Å². The van der Waals surface area contributed by atoms with E-state index in [-0.39, 0.29) is 6.04 Å². The van der Waals surface area contributed by atoms with Crippen molar-refractivity contribution in [3.8, 4) is 0 Å². The first-order valence-corrected chi connectivity index (χ1v) is 4.55. The van der Waals surface area contributed by atoms with Crippen LogP contribution in [-0.4, -0.2) is 9.55 Å². The van der Waals surface area contributed by atoms with Crippen molar-refractivity contribution in [1.82, 2.24) is 9.55 Å². The van der Waals surface area contributed by atoms with Gasteiger partial charge in [0.25, 0.3) is 0 Å². The average Bonchev–Trinajstić information content (AvgIpc) is 2.52. The van der Waals surface area contributed by atoms with E-state index in [0.717, 1.165) is 12.1 Å². The van der Waals surface area contributed by atoms with E-state index in [1.165, 1.54) is 0 Å². The Morgan fingerprint density at radius 2 is 2.38 bits per heavy atom. The maximum absolute atomic E-state index is 5.81. The molecule has 0 fully saturated rings. The quantitative estimate of drug-likeness (QED) is 0.719. The summed E-state index contributed by atoms with van der Waals surface area (Å²) in [7, 11) is 0. The highest BCUT2D eigenvalue weighted by Gasteiger charge is 2.10. The van der Waals surface area contributed by atoms with Gasteiger partial charge in [-0.25, -0.2) is 4.98 Å². The summed E-state index contributed by atoms with van der Waals surface area (Å²) in [5.74, 6) is 0. The van der Waals surface area contributed by atoms with Crippen LogP contribution in [0.15, 0.2) is 25.2 Å². The number of nitrogens with two attached hydrogens (primary N) is 1. The molecule has 13 heavy (non-hydrogen) atoms. The highest BCUT2D eigenvalue weighted by atomic mass is 15.1. The Labute approximate surface area is 79.3 Å². The first kappa shape index (κ1) is 9.99. The number of allylic oxidation sites excluding steroid dienone is 1. The molecular weight excluding hydrogens is 162 g/mol. The molecule has 1 aromatic heterocycles. The van der Waals surface area contributed by atoms with E-state index in [0.29, 0.717) is 6.04 Å². The summed E-state index contributed by atoms with van der Waals surface area (Å²) < 4.78 is 2.10. The Kier molecular flexibility index (Phi) is 3.25. The Morgan fingerprint density at radius 1 is 1.69 bits per heavy atom. The average molecular weight is 179 g/mol. The molecule has 0 saturated carbocycles. The number of imidazole rings is 1. The fraction of sp³-hybridized carbons (Fsp3) is 0.500. The summed E-state index contributed by atoms with van der Waals surface area (Å²) in [5.41, 5.74) is 6.88. The molecule has 72 valence electrons. The van der Waals surface area contributed by atoms with E-state index in [2.05, 4.69) is 23.1 Å². The van der Waals surface area contributed by atoms with E-state index in [1.54, 1.807) is 0 Å². The van der Waals surface area contributed by atoms with Gasteiger partial charge in [0.1, 0.15) is 0 Å². The lowest BCUT2D eigenvalue weighted by Crippen LogP contribution is -2.14. The van der Waals surface area contributed by atoms with Crippen LogP contribution < -0.4 is 5.73 Å². The van der Waals surface area contributed by atoms with Gasteiger partial charge in [-0.2, -0.15) is 0 Å². The largest absolute Gasteiger partial charge is 0.330 e. The highest BCUT2D eigenvalue weighted by Crippen LogP contribution is 2.17. The maximum Gasteiger partial charge on any atom is 0.0951 e. The zero-order valence-electron chi connectivity index (χ0n) is 8.27. The Morgan fingerprint density at radius 3 is 2.92 bits per heavy atom. The lowest BCUT2D eigenvalue weighted by molar-refractivity contribution is 0.518. The molecule has 3 nitrogen and oxygen atoms in total. The van der Waals surface area contributed by atoms with Crippen molar-refractivity contribution in [3.63, 3.8) is 0 Å². The van der Waals surface area contributed by atoms with E-state index in [1.807, 2.05) is 25.5 Å². The van der Waals surface area contributed by atoms with Crippen molar-refractivity contribution in [2.75, 3.05) is 0 Å². The summed E-state index contributed by atoms with van der Waals surface area (Å²) in [4.78, 5) is 4.10. The van der Waals surface area contributed by atoms with Gasteiger partial charge in [-0.15, -0.1) is 6.58 Å². The van der Waals surface area contributed by atoms with Crippen molar-refractivity contribution >= 4 is 0 Å². The van der Waals surface area contributed by atoms with Gasteiger partial charge in [-0.3, -0.25) is 0 Å². The molecule has 1 unspecified atom stereocenters. The molecule has 0 saturated heterocycles. The van der Waals surface area contributed by atoms with Crippen molar-refractivity contribution in [3.05, 3.63) is 30.9 Å². The zero-order chi connectivity index (χ0) is 9.84. The van der Waals surface area contributed by atoms with Crippen LogP contribution in [0.3, 0.4) is 0 Å². The summed E-state index contributed by atoms with van der Waals surface area (Å²) in [6.07, 6.45) is 6.50. The summed E-state index contributed by atoms with van der Waals surface area (Å²) >= 11 is 0. The van der Waals surface area contributed by atoms with Gasteiger partial charge in [0.2, 0.25) is 0 Å². The summed E-state index contributed by atoms with van der Waals surface area (Å²) in [6.45, 7) is 7.82. The van der Waals surface area contributed by atoms with E-state index in [4.69, 9.17) is 5.73 Å². The monoisotopic (exact) mass is 179 g/mol.